The molecule has 0 radical (unpaired) electrons. The highest BCUT2D eigenvalue weighted by atomic mass is 35.5. The fraction of sp³-hybridized carbons (Fsp3) is 0.182. The van der Waals surface area contributed by atoms with Crippen molar-refractivity contribution in [2.24, 2.45) is 0 Å². The molecule has 7 heteroatoms. The predicted molar refractivity (Wildman–Crippen MR) is 111 cm³/mol. The van der Waals surface area contributed by atoms with Crippen LogP contribution in [0.15, 0.2) is 54.6 Å². The van der Waals surface area contributed by atoms with Crippen molar-refractivity contribution >= 4 is 23.6 Å². The molecule has 0 aliphatic rings. The second-order valence-corrected chi connectivity index (χ2v) is 6.80. The van der Waals surface area contributed by atoms with E-state index in [9.17, 15) is 9.18 Å². The molecule has 0 aliphatic carbocycles. The van der Waals surface area contributed by atoms with Crippen LogP contribution in [0.5, 0.6) is 5.75 Å². The lowest BCUT2D eigenvalue weighted by molar-refractivity contribution is -0.116. The van der Waals surface area contributed by atoms with Crippen LogP contribution >= 0.6 is 11.6 Å². The number of nitrogens with one attached hydrogen (secondary N) is 1. The molecule has 3 rings (SSSR count). The summed E-state index contributed by atoms with van der Waals surface area (Å²) in [6.45, 7) is 2.41. The third-order valence-electron chi connectivity index (χ3n) is 4.39. The van der Waals surface area contributed by atoms with E-state index < -0.39 is 0 Å². The van der Waals surface area contributed by atoms with Crippen LogP contribution in [0.4, 0.5) is 4.39 Å². The molecule has 0 saturated heterocycles. The summed E-state index contributed by atoms with van der Waals surface area (Å²) in [6, 6.07) is 14.0. The molecule has 1 heterocycles. The zero-order valence-corrected chi connectivity index (χ0v) is 16.9. The van der Waals surface area contributed by atoms with Crippen molar-refractivity contribution in [3.8, 4) is 5.75 Å². The highest BCUT2D eigenvalue weighted by Crippen LogP contribution is 2.23. The second kappa shape index (κ2) is 9.39. The minimum Gasteiger partial charge on any atom is -0.497 e. The van der Waals surface area contributed by atoms with Gasteiger partial charge >= 0.3 is 0 Å². The molecule has 0 bridgehead atoms. The average Bonchev–Trinajstić information content (AvgIpc) is 2.98. The van der Waals surface area contributed by atoms with E-state index in [1.165, 1.54) is 12.1 Å². The van der Waals surface area contributed by atoms with Crippen molar-refractivity contribution in [3.63, 3.8) is 0 Å². The van der Waals surface area contributed by atoms with Gasteiger partial charge in [0.2, 0.25) is 5.91 Å². The highest BCUT2D eigenvalue weighted by Gasteiger charge is 2.12. The number of nitrogens with zero attached hydrogens (tertiary/aromatic N) is 2. The van der Waals surface area contributed by atoms with E-state index >= 15 is 0 Å². The molecular formula is C22H21ClFN3O2. The number of carbonyl (C=O) groups is 1. The summed E-state index contributed by atoms with van der Waals surface area (Å²) in [7, 11) is 1.62. The van der Waals surface area contributed by atoms with Crippen molar-refractivity contribution in [3.05, 3.63) is 88.0 Å². The van der Waals surface area contributed by atoms with Gasteiger partial charge in [-0.3, -0.25) is 4.79 Å². The molecule has 0 saturated carbocycles. The van der Waals surface area contributed by atoms with Gasteiger partial charge in [-0.05, 0) is 36.8 Å². The second-order valence-electron chi connectivity index (χ2n) is 6.44. The van der Waals surface area contributed by atoms with E-state index in [1.54, 1.807) is 36.1 Å². The molecule has 0 aliphatic heterocycles. The molecule has 3 aromatic rings. The Morgan fingerprint density at radius 2 is 2.07 bits per heavy atom. The van der Waals surface area contributed by atoms with Gasteiger partial charge in [0.25, 0.3) is 0 Å². The fourth-order valence-corrected chi connectivity index (χ4v) is 3.14. The van der Waals surface area contributed by atoms with Crippen molar-refractivity contribution in [1.82, 2.24) is 15.1 Å². The first-order valence-corrected chi connectivity index (χ1v) is 9.41. The van der Waals surface area contributed by atoms with Crippen LogP contribution in [-0.2, 0) is 17.9 Å². The first kappa shape index (κ1) is 20.6. The Balaban J connectivity index is 1.67. The summed E-state index contributed by atoms with van der Waals surface area (Å²) < 4.78 is 20.5. The first-order chi connectivity index (χ1) is 14.0. The van der Waals surface area contributed by atoms with E-state index in [0.717, 1.165) is 11.3 Å². The maximum atomic E-state index is 13.6. The smallest absolute Gasteiger partial charge is 0.244 e. The number of aryl methyl sites for hydroxylation is 1. The topological polar surface area (TPSA) is 56.2 Å². The Kier molecular flexibility index (Phi) is 6.67. The Bertz CT molecular complexity index is 1050. The van der Waals surface area contributed by atoms with E-state index in [-0.39, 0.29) is 18.3 Å². The summed E-state index contributed by atoms with van der Waals surface area (Å²) >= 11 is 6.47. The van der Waals surface area contributed by atoms with Gasteiger partial charge in [0.05, 0.1) is 19.3 Å². The maximum absolute atomic E-state index is 13.6. The van der Waals surface area contributed by atoms with E-state index in [4.69, 9.17) is 16.3 Å². The molecule has 0 atom stereocenters. The lowest BCUT2D eigenvalue weighted by atomic mass is 10.2. The molecule has 0 spiro atoms. The molecule has 5 nitrogen and oxygen atoms in total. The van der Waals surface area contributed by atoms with Crippen molar-refractivity contribution < 1.29 is 13.9 Å². The number of halogens is 2. The number of carbonyl (C=O) groups excluding carboxylic acids is 1. The molecule has 0 unspecified atom stereocenters. The normalized spacial score (nSPS) is 11.0. The SMILES string of the molecule is COc1cccc(Cn2nc(C)c(/C=C/C(=O)NCc3ccccc3F)c2Cl)c1. The molecule has 1 N–H and O–H groups in total. The zero-order chi connectivity index (χ0) is 20.8. The van der Waals surface area contributed by atoms with Crippen LogP contribution in [0.2, 0.25) is 5.15 Å². The number of hydrogen-bond donors (Lipinski definition) is 1. The first-order valence-electron chi connectivity index (χ1n) is 9.03. The Labute approximate surface area is 173 Å². The average molecular weight is 414 g/mol. The Morgan fingerprint density at radius 1 is 1.28 bits per heavy atom. The maximum Gasteiger partial charge on any atom is 0.244 e. The Morgan fingerprint density at radius 3 is 2.83 bits per heavy atom. The number of amides is 1. The standard InChI is InChI=1S/C22H21ClFN3O2/c1-15-19(10-11-21(28)25-13-17-7-3-4-9-20(17)24)22(23)27(26-15)14-16-6-5-8-18(12-16)29-2/h3-12H,13-14H2,1-2H3,(H,25,28)/b11-10+. The van der Waals surface area contributed by atoms with Crippen LogP contribution < -0.4 is 10.1 Å². The van der Waals surface area contributed by atoms with Gasteiger partial charge in [-0.1, -0.05) is 41.9 Å². The van der Waals surface area contributed by atoms with Gasteiger partial charge < -0.3 is 10.1 Å². The van der Waals surface area contributed by atoms with Crippen molar-refractivity contribution in [2.75, 3.05) is 7.11 Å². The van der Waals surface area contributed by atoms with E-state index in [1.807, 2.05) is 31.2 Å². The highest BCUT2D eigenvalue weighted by molar-refractivity contribution is 6.31. The monoisotopic (exact) mass is 413 g/mol. The quantitative estimate of drug-likeness (QED) is 0.585. The molecule has 150 valence electrons. The number of aromatic nitrogens is 2. The van der Waals surface area contributed by atoms with Crippen LogP contribution in [0.1, 0.15) is 22.4 Å². The largest absolute Gasteiger partial charge is 0.497 e. The third-order valence-corrected chi connectivity index (χ3v) is 4.79. The van der Waals surface area contributed by atoms with Crippen LogP contribution in [0, 0.1) is 12.7 Å². The molecule has 0 fully saturated rings. The molecule has 29 heavy (non-hydrogen) atoms. The molecular weight excluding hydrogens is 393 g/mol. The summed E-state index contributed by atoms with van der Waals surface area (Å²) in [6.07, 6.45) is 2.98. The Hall–Kier alpha value is -3.12. The number of ether oxygens (including phenoxy) is 1. The van der Waals surface area contributed by atoms with Crippen molar-refractivity contribution in [2.45, 2.75) is 20.0 Å². The lowest BCUT2D eigenvalue weighted by Crippen LogP contribution is -2.20. The van der Waals surface area contributed by atoms with Crippen LogP contribution in [-0.4, -0.2) is 22.8 Å². The molecule has 1 amide bonds. The van der Waals surface area contributed by atoms with Crippen molar-refractivity contribution in [1.29, 1.82) is 0 Å². The van der Waals surface area contributed by atoms with Gasteiger partial charge in [-0.15, -0.1) is 0 Å². The number of methoxy groups -OCH3 is 1. The summed E-state index contributed by atoms with van der Waals surface area (Å²) in [4.78, 5) is 12.1. The lowest BCUT2D eigenvalue weighted by Gasteiger charge is -2.06. The molecule has 1 aromatic heterocycles. The predicted octanol–water partition coefficient (Wildman–Crippen LogP) is 4.37. The van der Waals surface area contributed by atoms with Crippen LogP contribution in [0.3, 0.4) is 0 Å². The van der Waals surface area contributed by atoms with Gasteiger partial charge in [0.15, 0.2) is 0 Å². The zero-order valence-electron chi connectivity index (χ0n) is 16.2. The number of benzene rings is 2. The van der Waals surface area contributed by atoms with Crippen LogP contribution in [0.25, 0.3) is 6.08 Å². The van der Waals surface area contributed by atoms with E-state index in [0.29, 0.717) is 28.5 Å². The van der Waals surface area contributed by atoms with Gasteiger partial charge in [0, 0.05) is 23.7 Å². The summed E-state index contributed by atoms with van der Waals surface area (Å²) in [5.41, 5.74) is 2.79. The third kappa shape index (κ3) is 5.23. The summed E-state index contributed by atoms with van der Waals surface area (Å²) in [5, 5.41) is 7.55. The number of hydrogen-bond acceptors (Lipinski definition) is 3. The number of rotatable bonds is 7. The van der Waals surface area contributed by atoms with Gasteiger partial charge in [0.1, 0.15) is 16.7 Å². The summed E-state index contributed by atoms with van der Waals surface area (Å²) in [5.74, 6) is 0.0629. The van der Waals surface area contributed by atoms with Gasteiger partial charge in [-0.25, -0.2) is 9.07 Å². The minimum absolute atomic E-state index is 0.109. The van der Waals surface area contributed by atoms with E-state index in [2.05, 4.69) is 10.4 Å². The molecule has 2 aromatic carbocycles. The minimum atomic E-state index is -0.352. The van der Waals surface area contributed by atoms with Gasteiger partial charge in [-0.2, -0.15) is 5.10 Å². The fourth-order valence-electron chi connectivity index (χ4n) is 2.85.